The van der Waals surface area contributed by atoms with E-state index in [0.717, 1.165) is 0 Å². The van der Waals surface area contributed by atoms with Crippen molar-refractivity contribution >= 4 is 0 Å². The molecule has 0 aliphatic carbocycles. The molecule has 0 saturated heterocycles. The van der Waals surface area contributed by atoms with E-state index < -0.39 is 0 Å². The van der Waals surface area contributed by atoms with Crippen LogP contribution in [0.4, 0.5) is 0 Å². The molecule has 0 bridgehead atoms. The fourth-order valence-electron chi connectivity index (χ4n) is 4.93. The lowest BCUT2D eigenvalue weighted by atomic mass is 9.96. The molecule has 0 unspecified atom stereocenters. The van der Waals surface area contributed by atoms with Gasteiger partial charge in [-0.1, -0.05) is 97.8 Å². The van der Waals surface area contributed by atoms with Crippen molar-refractivity contribution in [2.45, 2.75) is 163 Å². The van der Waals surface area contributed by atoms with Gasteiger partial charge < -0.3 is 16.9 Å². The molecule has 0 saturated carbocycles. The van der Waals surface area contributed by atoms with Gasteiger partial charge in [0.15, 0.2) is 0 Å². The number of quaternary nitrogens is 1. The molecule has 0 heterocycles. The van der Waals surface area contributed by atoms with E-state index in [4.69, 9.17) is 0 Å². The Morgan fingerprint density at radius 3 is 0.867 bits per heavy atom. The maximum Gasteiger partial charge on any atom is 0.0907 e. The average molecular weight is 446 g/mol. The van der Waals surface area contributed by atoms with E-state index >= 15 is 0 Å². The summed E-state index contributed by atoms with van der Waals surface area (Å²) in [6, 6.07) is 0. The molecule has 0 fully saturated rings. The van der Waals surface area contributed by atoms with Crippen molar-refractivity contribution in [2.75, 3.05) is 19.6 Å². The van der Waals surface area contributed by atoms with Crippen LogP contribution in [0.15, 0.2) is 0 Å². The maximum atomic E-state index is 2.53. The van der Waals surface area contributed by atoms with Gasteiger partial charge in [0.1, 0.15) is 0 Å². The van der Waals surface area contributed by atoms with Crippen LogP contribution in [-0.2, 0) is 0 Å². The Bertz CT molecular complexity index is 293. The van der Waals surface area contributed by atoms with Crippen LogP contribution in [0, 0.1) is 0 Å². The van der Waals surface area contributed by atoms with Crippen LogP contribution in [0.25, 0.3) is 0 Å². The molecule has 0 aromatic carbocycles. The summed E-state index contributed by atoms with van der Waals surface area (Å²) in [6.07, 6.45) is 25.7. The molecule has 30 heavy (non-hydrogen) atoms. The number of hydrogen-bond donors (Lipinski definition) is 0. The largest absolute Gasteiger partial charge is 1.00 e. The summed E-state index contributed by atoms with van der Waals surface area (Å²) >= 11 is 0. The van der Waals surface area contributed by atoms with E-state index in [0.29, 0.717) is 5.54 Å². The summed E-state index contributed by atoms with van der Waals surface area (Å²) < 4.78 is 1.38. The molecule has 0 aliphatic rings. The van der Waals surface area contributed by atoms with Crippen molar-refractivity contribution in [1.29, 1.82) is 0 Å². The molecule has 184 valence electrons. The molecule has 0 amide bonds. The number of rotatable bonds is 21. The van der Waals surface area contributed by atoms with Crippen molar-refractivity contribution in [3.05, 3.63) is 0 Å². The molecule has 0 spiro atoms. The van der Waals surface area contributed by atoms with Gasteiger partial charge in [-0.25, -0.2) is 0 Å². The first-order valence-corrected chi connectivity index (χ1v) is 13.8. The van der Waals surface area contributed by atoms with Gasteiger partial charge in [-0.2, -0.15) is 0 Å². The Labute approximate surface area is 199 Å². The Morgan fingerprint density at radius 2 is 0.633 bits per heavy atom. The van der Waals surface area contributed by atoms with Gasteiger partial charge in [0.25, 0.3) is 0 Å². The highest BCUT2D eigenvalue weighted by Crippen LogP contribution is 2.29. The molecule has 0 aliphatic heterocycles. The van der Waals surface area contributed by atoms with Gasteiger partial charge in [0, 0.05) is 0 Å². The summed E-state index contributed by atoms with van der Waals surface area (Å²) in [5, 5.41) is 0. The Balaban J connectivity index is 0. The first-order chi connectivity index (χ1) is 13.9. The number of hydrogen-bond acceptors (Lipinski definition) is 0. The van der Waals surface area contributed by atoms with Crippen LogP contribution in [0.2, 0.25) is 0 Å². The van der Waals surface area contributed by atoms with E-state index in [2.05, 4.69) is 41.5 Å². The third-order valence-corrected chi connectivity index (χ3v) is 7.24. The highest BCUT2D eigenvalue weighted by Gasteiger charge is 2.38. The van der Waals surface area contributed by atoms with Crippen LogP contribution >= 0.6 is 0 Å². The zero-order valence-electron chi connectivity index (χ0n) is 22.2. The zero-order chi connectivity index (χ0) is 21.8. The molecule has 0 aromatic rings. The molecular formula is C28H60ClN. The normalized spacial score (nSPS) is 12.2. The molecular weight excluding hydrogens is 386 g/mol. The molecule has 0 rings (SSSR count). The maximum absolute atomic E-state index is 2.53. The highest BCUT2D eigenvalue weighted by molar-refractivity contribution is 4.66. The smallest absolute Gasteiger partial charge is 0.0907 e. The average Bonchev–Trinajstić information content (AvgIpc) is 2.68. The fourth-order valence-corrected chi connectivity index (χ4v) is 4.93. The zero-order valence-corrected chi connectivity index (χ0v) is 22.9. The van der Waals surface area contributed by atoms with E-state index in [1.54, 1.807) is 0 Å². The summed E-state index contributed by atoms with van der Waals surface area (Å²) in [5.74, 6) is 0. The fraction of sp³-hybridized carbons (Fsp3) is 1.00. The molecule has 0 N–H and O–H groups in total. The quantitative estimate of drug-likeness (QED) is 0.136. The summed E-state index contributed by atoms with van der Waals surface area (Å²) in [5.41, 5.74) is 0.385. The SMILES string of the molecule is CCCCCCCC[N+](CCCCCCCC)(CCCCCCCC)C(C)(C)C.[Cl-]. The van der Waals surface area contributed by atoms with Crippen molar-refractivity contribution in [3.63, 3.8) is 0 Å². The second-order valence-corrected chi connectivity index (χ2v) is 10.8. The lowest BCUT2D eigenvalue weighted by molar-refractivity contribution is -0.971. The third-order valence-electron chi connectivity index (χ3n) is 7.24. The van der Waals surface area contributed by atoms with Crippen LogP contribution in [-0.4, -0.2) is 29.7 Å². The monoisotopic (exact) mass is 445 g/mol. The predicted octanol–water partition coefficient (Wildman–Crippen LogP) is 6.69. The summed E-state index contributed by atoms with van der Waals surface area (Å²) in [7, 11) is 0. The van der Waals surface area contributed by atoms with Crippen LogP contribution in [0.5, 0.6) is 0 Å². The van der Waals surface area contributed by atoms with Gasteiger partial charge in [-0.3, -0.25) is 0 Å². The minimum atomic E-state index is 0. The van der Waals surface area contributed by atoms with Crippen molar-refractivity contribution in [1.82, 2.24) is 0 Å². The first-order valence-electron chi connectivity index (χ1n) is 13.8. The van der Waals surface area contributed by atoms with Gasteiger partial charge in [0.05, 0.1) is 25.2 Å². The topological polar surface area (TPSA) is 0 Å². The van der Waals surface area contributed by atoms with E-state index in [9.17, 15) is 0 Å². The molecule has 1 nitrogen and oxygen atoms in total. The molecule has 0 aromatic heterocycles. The van der Waals surface area contributed by atoms with Crippen molar-refractivity contribution < 1.29 is 16.9 Å². The Hall–Kier alpha value is 0.250. The number of halogens is 1. The molecule has 2 heteroatoms. The predicted molar refractivity (Wildman–Crippen MR) is 135 cm³/mol. The Morgan fingerprint density at radius 1 is 0.400 bits per heavy atom. The highest BCUT2D eigenvalue weighted by atomic mass is 35.5. The van der Waals surface area contributed by atoms with Gasteiger partial charge in [-0.15, -0.1) is 0 Å². The van der Waals surface area contributed by atoms with Gasteiger partial charge in [-0.05, 0) is 59.3 Å². The minimum Gasteiger partial charge on any atom is -1.00 e. The lowest BCUT2D eigenvalue weighted by Gasteiger charge is -2.49. The van der Waals surface area contributed by atoms with E-state index in [1.165, 1.54) is 140 Å². The lowest BCUT2D eigenvalue weighted by Crippen LogP contribution is -3.00. The number of unbranched alkanes of at least 4 members (excludes halogenated alkanes) is 15. The number of nitrogens with zero attached hydrogens (tertiary/aromatic N) is 1. The second kappa shape index (κ2) is 21.1. The van der Waals surface area contributed by atoms with Gasteiger partial charge >= 0.3 is 0 Å². The standard InChI is InChI=1S/C28H60N.ClH/c1-7-10-13-16-19-22-25-29(28(4,5)6,26-23-20-17-14-11-8-2)27-24-21-18-15-12-9-3;/h7-27H2,1-6H3;1H/q+1;/p-1. The van der Waals surface area contributed by atoms with Crippen LogP contribution in [0.3, 0.4) is 0 Å². The second-order valence-electron chi connectivity index (χ2n) is 10.8. The van der Waals surface area contributed by atoms with Gasteiger partial charge in [0.2, 0.25) is 0 Å². The van der Waals surface area contributed by atoms with Crippen molar-refractivity contribution in [2.24, 2.45) is 0 Å². The molecule has 0 atom stereocenters. The summed E-state index contributed by atoms with van der Waals surface area (Å²) in [6.45, 7) is 18.8. The Kier molecular flexibility index (Phi) is 22.8. The molecule has 0 radical (unpaired) electrons. The third kappa shape index (κ3) is 16.0. The first kappa shape index (κ1) is 32.4. The minimum absolute atomic E-state index is 0. The van der Waals surface area contributed by atoms with Crippen LogP contribution < -0.4 is 12.4 Å². The van der Waals surface area contributed by atoms with Crippen molar-refractivity contribution in [3.8, 4) is 0 Å². The van der Waals surface area contributed by atoms with Crippen LogP contribution in [0.1, 0.15) is 157 Å². The van der Waals surface area contributed by atoms with E-state index in [1.807, 2.05) is 0 Å². The van der Waals surface area contributed by atoms with E-state index in [-0.39, 0.29) is 12.4 Å². The summed E-state index contributed by atoms with van der Waals surface area (Å²) in [4.78, 5) is 0.